The second-order valence-electron chi connectivity index (χ2n) is 6.98. The molecule has 3 heteroatoms. The lowest BCUT2D eigenvalue weighted by atomic mass is 9.93. The third-order valence-corrected chi connectivity index (χ3v) is 5.07. The highest BCUT2D eigenvalue weighted by atomic mass is 16.3. The summed E-state index contributed by atoms with van der Waals surface area (Å²) in [7, 11) is 0. The van der Waals surface area contributed by atoms with Gasteiger partial charge >= 0.3 is 0 Å². The average molecular weight is 354 g/mol. The van der Waals surface area contributed by atoms with Crippen molar-refractivity contribution in [1.82, 2.24) is 9.97 Å². The van der Waals surface area contributed by atoms with Gasteiger partial charge in [-0.3, -0.25) is 0 Å². The second-order valence-corrected chi connectivity index (χ2v) is 6.98. The summed E-state index contributed by atoms with van der Waals surface area (Å²) >= 11 is 0. The number of fused-ring (bicyclic) bond motifs is 1. The molecule has 0 saturated carbocycles. The van der Waals surface area contributed by atoms with E-state index in [0.717, 1.165) is 39.1 Å². The van der Waals surface area contributed by atoms with Crippen LogP contribution in [0.15, 0.2) is 78.9 Å². The summed E-state index contributed by atoms with van der Waals surface area (Å²) in [6.45, 7) is 3.81. The molecule has 0 aliphatic carbocycles. The van der Waals surface area contributed by atoms with Crippen molar-refractivity contribution >= 4 is 11.0 Å². The standard InChI is InChI=1S/C24H22N2O/c1-3-24(2,27)19-14-15-20-21(16-19)26-23(18-12-8-5-9-13-18)22(25-20)17-10-6-4-7-11-17/h4-16,27H,3H2,1-2H3/t24-/m1/s1. The lowest BCUT2D eigenvalue weighted by molar-refractivity contribution is 0.0532. The molecule has 3 aromatic carbocycles. The Morgan fingerprint density at radius 1 is 0.741 bits per heavy atom. The van der Waals surface area contributed by atoms with E-state index in [1.165, 1.54) is 0 Å². The van der Waals surface area contributed by atoms with Gasteiger partial charge in [-0.1, -0.05) is 73.7 Å². The first-order valence-electron chi connectivity index (χ1n) is 9.24. The minimum atomic E-state index is -0.874. The lowest BCUT2D eigenvalue weighted by Gasteiger charge is -2.22. The van der Waals surface area contributed by atoms with Crippen molar-refractivity contribution in [2.45, 2.75) is 25.9 Å². The van der Waals surface area contributed by atoms with E-state index in [1.54, 1.807) is 0 Å². The van der Waals surface area contributed by atoms with Crippen molar-refractivity contribution in [3.05, 3.63) is 84.4 Å². The fourth-order valence-electron chi connectivity index (χ4n) is 3.19. The molecule has 0 amide bonds. The number of rotatable bonds is 4. The van der Waals surface area contributed by atoms with Gasteiger partial charge in [0.1, 0.15) is 0 Å². The third-order valence-electron chi connectivity index (χ3n) is 5.07. The number of hydrogen-bond donors (Lipinski definition) is 1. The zero-order chi connectivity index (χ0) is 18.9. The SMILES string of the molecule is CC[C@@](C)(O)c1ccc2nc(-c3ccccc3)c(-c3ccccc3)nc2c1. The number of hydrogen-bond acceptors (Lipinski definition) is 3. The fourth-order valence-corrected chi connectivity index (χ4v) is 3.19. The van der Waals surface area contributed by atoms with Gasteiger partial charge in [0.25, 0.3) is 0 Å². The number of nitrogens with zero attached hydrogens (tertiary/aromatic N) is 2. The maximum Gasteiger partial charge on any atom is 0.0973 e. The molecule has 4 aromatic rings. The maximum absolute atomic E-state index is 10.6. The molecule has 0 unspecified atom stereocenters. The smallest absolute Gasteiger partial charge is 0.0973 e. The zero-order valence-electron chi connectivity index (χ0n) is 15.6. The Kier molecular flexibility index (Phi) is 4.46. The number of aromatic nitrogens is 2. The van der Waals surface area contributed by atoms with E-state index in [0.29, 0.717) is 6.42 Å². The molecule has 0 spiro atoms. The van der Waals surface area contributed by atoms with Crippen LogP contribution in [0.3, 0.4) is 0 Å². The molecular formula is C24H22N2O. The predicted molar refractivity (Wildman–Crippen MR) is 110 cm³/mol. The van der Waals surface area contributed by atoms with E-state index in [2.05, 4.69) is 12.1 Å². The molecule has 134 valence electrons. The van der Waals surface area contributed by atoms with Crippen LogP contribution in [-0.4, -0.2) is 15.1 Å². The summed E-state index contributed by atoms with van der Waals surface area (Å²) in [5, 5.41) is 10.6. The average Bonchev–Trinajstić information content (AvgIpc) is 2.73. The van der Waals surface area contributed by atoms with Crippen molar-refractivity contribution in [2.24, 2.45) is 0 Å². The van der Waals surface area contributed by atoms with Crippen LogP contribution in [0.5, 0.6) is 0 Å². The van der Waals surface area contributed by atoms with Crippen LogP contribution in [0.1, 0.15) is 25.8 Å². The second kappa shape index (κ2) is 6.93. The van der Waals surface area contributed by atoms with Crippen LogP contribution in [0.2, 0.25) is 0 Å². The Morgan fingerprint density at radius 3 is 1.78 bits per heavy atom. The van der Waals surface area contributed by atoms with Gasteiger partial charge in [0.2, 0.25) is 0 Å². The maximum atomic E-state index is 10.6. The number of aliphatic hydroxyl groups is 1. The van der Waals surface area contributed by atoms with Gasteiger partial charge in [0, 0.05) is 11.1 Å². The van der Waals surface area contributed by atoms with E-state index < -0.39 is 5.60 Å². The van der Waals surface area contributed by atoms with Crippen molar-refractivity contribution in [1.29, 1.82) is 0 Å². The van der Waals surface area contributed by atoms with Crippen LogP contribution in [0.25, 0.3) is 33.5 Å². The minimum Gasteiger partial charge on any atom is -0.385 e. The lowest BCUT2D eigenvalue weighted by Crippen LogP contribution is -2.19. The summed E-state index contributed by atoms with van der Waals surface area (Å²) in [6.07, 6.45) is 0.638. The Labute approximate surface area is 159 Å². The normalized spacial score (nSPS) is 13.4. The Hall–Kier alpha value is -3.04. The molecule has 0 aliphatic heterocycles. The first-order valence-corrected chi connectivity index (χ1v) is 9.24. The first kappa shape index (κ1) is 17.4. The van der Waals surface area contributed by atoms with Crippen LogP contribution in [0, 0.1) is 0 Å². The highest BCUT2D eigenvalue weighted by Gasteiger charge is 2.21. The van der Waals surface area contributed by atoms with Crippen molar-refractivity contribution in [3.63, 3.8) is 0 Å². The van der Waals surface area contributed by atoms with Gasteiger partial charge in [-0.05, 0) is 31.0 Å². The molecule has 0 fully saturated rings. The monoisotopic (exact) mass is 354 g/mol. The third kappa shape index (κ3) is 3.34. The Balaban J connectivity index is 1.98. The van der Waals surface area contributed by atoms with Gasteiger partial charge in [0.15, 0.2) is 0 Å². The van der Waals surface area contributed by atoms with E-state index in [1.807, 2.05) is 80.6 Å². The van der Waals surface area contributed by atoms with Gasteiger partial charge in [-0.25, -0.2) is 9.97 Å². The molecule has 27 heavy (non-hydrogen) atoms. The van der Waals surface area contributed by atoms with Gasteiger partial charge in [0.05, 0.1) is 28.0 Å². The quantitative estimate of drug-likeness (QED) is 0.520. The molecule has 1 heterocycles. The molecule has 1 N–H and O–H groups in total. The largest absolute Gasteiger partial charge is 0.385 e. The molecule has 0 radical (unpaired) electrons. The molecule has 0 aliphatic rings. The van der Waals surface area contributed by atoms with E-state index in [4.69, 9.17) is 9.97 Å². The van der Waals surface area contributed by atoms with Crippen molar-refractivity contribution < 1.29 is 5.11 Å². The molecule has 3 nitrogen and oxygen atoms in total. The van der Waals surface area contributed by atoms with Gasteiger partial charge in [-0.15, -0.1) is 0 Å². The van der Waals surface area contributed by atoms with Crippen LogP contribution < -0.4 is 0 Å². The molecule has 0 bridgehead atoms. The summed E-state index contributed by atoms with van der Waals surface area (Å²) in [6, 6.07) is 26.1. The molecular weight excluding hydrogens is 332 g/mol. The Morgan fingerprint density at radius 2 is 1.26 bits per heavy atom. The van der Waals surface area contributed by atoms with E-state index in [9.17, 15) is 5.11 Å². The van der Waals surface area contributed by atoms with Crippen molar-refractivity contribution in [3.8, 4) is 22.5 Å². The van der Waals surface area contributed by atoms with Crippen LogP contribution in [0.4, 0.5) is 0 Å². The van der Waals surface area contributed by atoms with E-state index >= 15 is 0 Å². The predicted octanol–water partition coefficient (Wildman–Crippen LogP) is 5.58. The summed E-state index contributed by atoms with van der Waals surface area (Å²) < 4.78 is 0. The molecule has 1 aromatic heterocycles. The topological polar surface area (TPSA) is 46.0 Å². The highest BCUT2D eigenvalue weighted by molar-refractivity contribution is 5.86. The molecule has 1 atom stereocenters. The van der Waals surface area contributed by atoms with E-state index in [-0.39, 0.29) is 0 Å². The summed E-state index contributed by atoms with van der Waals surface area (Å²) in [4.78, 5) is 9.88. The fraction of sp³-hybridized carbons (Fsp3) is 0.167. The first-order chi connectivity index (χ1) is 13.1. The van der Waals surface area contributed by atoms with Crippen LogP contribution in [-0.2, 0) is 5.60 Å². The zero-order valence-corrected chi connectivity index (χ0v) is 15.6. The van der Waals surface area contributed by atoms with Crippen LogP contribution >= 0.6 is 0 Å². The van der Waals surface area contributed by atoms with Gasteiger partial charge < -0.3 is 5.11 Å². The minimum absolute atomic E-state index is 0.638. The highest BCUT2D eigenvalue weighted by Crippen LogP contribution is 2.32. The van der Waals surface area contributed by atoms with Gasteiger partial charge in [-0.2, -0.15) is 0 Å². The van der Waals surface area contributed by atoms with Crippen molar-refractivity contribution in [2.75, 3.05) is 0 Å². The Bertz CT molecular complexity index is 1070. The summed E-state index contributed by atoms with van der Waals surface area (Å²) in [5.74, 6) is 0. The number of benzene rings is 3. The molecule has 0 saturated heterocycles. The summed E-state index contributed by atoms with van der Waals surface area (Å²) in [5.41, 5.74) is 5.38. The molecule has 4 rings (SSSR count).